The number of alkyl halides is 3. The first-order valence-electron chi connectivity index (χ1n) is 10.5. The number of aromatic hydroxyl groups is 1. The lowest BCUT2D eigenvalue weighted by atomic mass is 10.1. The number of aromatic nitrogens is 3. The van der Waals surface area contributed by atoms with Crippen molar-refractivity contribution in [2.75, 3.05) is 18.2 Å². The summed E-state index contributed by atoms with van der Waals surface area (Å²) in [5.41, 5.74) is -2.39. The number of ether oxygens (including phenoxy) is 1. The summed E-state index contributed by atoms with van der Waals surface area (Å²) >= 11 is 6.27. The van der Waals surface area contributed by atoms with E-state index in [9.17, 15) is 31.5 Å². The van der Waals surface area contributed by atoms with Gasteiger partial charge in [-0.3, -0.25) is 4.79 Å². The molecule has 37 heavy (non-hydrogen) atoms. The van der Waals surface area contributed by atoms with Crippen molar-refractivity contribution in [3.05, 3.63) is 64.9 Å². The molecular formula is C23H18ClF3N4O5S. The number of amides is 1. The van der Waals surface area contributed by atoms with E-state index in [0.29, 0.717) is 15.8 Å². The minimum Gasteiger partial charge on any atom is -0.506 e. The molecule has 0 bridgehead atoms. The second kappa shape index (κ2) is 9.56. The molecule has 2 aromatic heterocycles. The van der Waals surface area contributed by atoms with Gasteiger partial charge in [0.1, 0.15) is 16.5 Å². The number of benzene rings is 2. The Kier molecular flexibility index (Phi) is 6.78. The Morgan fingerprint density at radius 1 is 1.19 bits per heavy atom. The molecule has 2 aromatic carbocycles. The lowest BCUT2D eigenvalue weighted by Crippen LogP contribution is -2.16. The largest absolute Gasteiger partial charge is 0.506 e. The molecule has 194 valence electrons. The van der Waals surface area contributed by atoms with Gasteiger partial charge in [0.25, 0.3) is 5.91 Å². The van der Waals surface area contributed by atoms with Crippen LogP contribution in [0, 0.1) is 0 Å². The molecule has 4 rings (SSSR count). The van der Waals surface area contributed by atoms with Gasteiger partial charge in [0.05, 0.1) is 29.1 Å². The number of methoxy groups -OCH3 is 1. The number of hydrogen-bond donors (Lipinski definition) is 2. The average Bonchev–Trinajstić information content (AvgIpc) is 3.20. The second-order valence-corrected chi connectivity index (χ2v) is 10.3. The number of phenols is 1. The number of nitrogens with one attached hydrogen (secondary N) is 1. The molecular weight excluding hydrogens is 537 g/mol. The van der Waals surface area contributed by atoms with Crippen molar-refractivity contribution in [2.24, 2.45) is 0 Å². The highest BCUT2D eigenvalue weighted by Gasteiger charge is 2.37. The van der Waals surface area contributed by atoms with Crippen LogP contribution in [0.5, 0.6) is 11.5 Å². The lowest BCUT2D eigenvalue weighted by Gasteiger charge is -2.11. The Morgan fingerprint density at radius 3 is 2.57 bits per heavy atom. The predicted molar refractivity (Wildman–Crippen MR) is 129 cm³/mol. The monoisotopic (exact) mass is 554 g/mol. The summed E-state index contributed by atoms with van der Waals surface area (Å²) in [5.74, 6) is -1.41. The van der Waals surface area contributed by atoms with Gasteiger partial charge in [-0.05, 0) is 36.4 Å². The highest BCUT2D eigenvalue weighted by molar-refractivity contribution is 7.91. The second-order valence-electron chi connectivity index (χ2n) is 7.69. The van der Waals surface area contributed by atoms with E-state index < -0.39 is 49.7 Å². The maximum atomic E-state index is 13.9. The van der Waals surface area contributed by atoms with E-state index in [1.54, 1.807) is 12.1 Å². The molecule has 2 N–H and O–H groups in total. The third kappa shape index (κ3) is 5.04. The Labute approximate surface area is 213 Å². The number of rotatable bonds is 6. The van der Waals surface area contributed by atoms with E-state index in [0.717, 1.165) is 24.3 Å². The van der Waals surface area contributed by atoms with Crippen molar-refractivity contribution in [1.82, 2.24) is 14.6 Å². The minimum atomic E-state index is -4.89. The maximum Gasteiger partial charge on any atom is 0.433 e. The fourth-order valence-electron chi connectivity index (χ4n) is 3.43. The van der Waals surface area contributed by atoms with Gasteiger partial charge in [-0.1, -0.05) is 30.7 Å². The quantitative estimate of drug-likeness (QED) is 0.327. The number of halogens is 4. The molecule has 0 unspecified atom stereocenters. The molecule has 0 saturated heterocycles. The van der Waals surface area contributed by atoms with Gasteiger partial charge in [-0.2, -0.15) is 18.3 Å². The molecule has 0 aliphatic heterocycles. The van der Waals surface area contributed by atoms with Gasteiger partial charge in [0.2, 0.25) is 0 Å². The van der Waals surface area contributed by atoms with Crippen LogP contribution in [0.15, 0.2) is 53.4 Å². The summed E-state index contributed by atoms with van der Waals surface area (Å²) in [6, 6.07) is 10.2. The summed E-state index contributed by atoms with van der Waals surface area (Å²) in [6.07, 6.45) is -4.89. The SMILES string of the molecule is CCS(=O)(=O)c1ccc(O)c(NC(=O)c2nn3c(C(F)(F)F)cc(-c4cccc(OC)c4)nc3c2Cl)c1. The van der Waals surface area contributed by atoms with Crippen molar-refractivity contribution in [2.45, 2.75) is 18.0 Å². The molecule has 0 atom stereocenters. The Balaban J connectivity index is 1.82. The fraction of sp³-hybridized carbons (Fsp3) is 0.174. The molecule has 9 nitrogen and oxygen atoms in total. The summed E-state index contributed by atoms with van der Waals surface area (Å²) in [4.78, 5) is 16.9. The average molecular weight is 555 g/mol. The third-order valence-corrected chi connectivity index (χ3v) is 7.44. The van der Waals surface area contributed by atoms with Crippen LogP contribution in [0.1, 0.15) is 23.1 Å². The van der Waals surface area contributed by atoms with Gasteiger partial charge < -0.3 is 15.2 Å². The number of carbonyl (C=O) groups excluding carboxylic acids is 1. The van der Waals surface area contributed by atoms with Crippen LogP contribution < -0.4 is 10.1 Å². The number of sulfone groups is 1. The van der Waals surface area contributed by atoms with Crippen LogP contribution in [-0.2, 0) is 16.0 Å². The minimum absolute atomic E-state index is 0.0948. The zero-order valence-electron chi connectivity index (χ0n) is 19.2. The zero-order valence-corrected chi connectivity index (χ0v) is 20.7. The Morgan fingerprint density at radius 2 is 1.92 bits per heavy atom. The van der Waals surface area contributed by atoms with Crippen LogP contribution in [0.4, 0.5) is 18.9 Å². The van der Waals surface area contributed by atoms with Crippen molar-refractivity contribution >= 4 is 38.7 Å². The van der Waals surface area contributed by atoms with Crippen molar-refractivity contribution in [3.63, 3.8) is 0 Å². The number of anilines is 1. The molecule has 0 aliphatic carbocycles. The zero-order chi connectivity index (χ0) is 27.1. The molecule has 1 amide bonds. The number of phenolic OH excluding ortho intramolecular Hbond substituents is 1. The Hall–Kier alpha value is -3.84. The first-order chi connectivity index (χ1) is 17.4. The molecule has 14 heteroatoms. The normalized spacial score (nSPS) is 12.1. The van der Waals surface area contributed by atoms with Gasteiger partial charge in [-0.15, -0.1) is 0 Å². The van der Waals surface area contributed by atoms with E-state index in [4.69, 9.17) is 16.3 Å². The van der Waals surface area contributed by atoms with Crippen LogP contribution in [0.2, 0.25) is 5.02 Å². The predicted octanol–water partition coefficient (Wildman–Crippen LogP) is 4.83. The van der Waals surface area contributed by atoms with E-state index in [1.807, 2.05) is 0 Å². The van der Waals surface area contributed by atoms with Crippen molar-refractivity contribution in [3.8, 4) is 22.8 Å². The third-order valence-electron chi connectivity index (χ3n) is 5.36. The summed E-state index contributed by atoms with van der Waals surface area (Å²) in [7, 11) is -2.27. The molecule has 0 saturated carbocycles. The van der Waals surface area contributed by atoms with Crippen molar-refractivity contribution in [1.29, 1.82) is 0 Å². The first kappa shape index (κ1) is 26.2. The fourth-order valence-corrected chi connectivity index (χ4v) is 4.58. The highest BCUT2D eigenvalue weighted by atomic mass is 35.5. The van der Waals surface area contributed by atoms with Crippen LogP contribution in [0.3, 0.4) is 0 Å². The topological polar surface area (TPSA) is 123 Å². The summed E-state index contributed by atoms with van der Waals surface area (Å²) in [5, 5.41) is 15.6. The van der Waals surface area contributed by atoms with Gasteiger partial charge in [0.15, 0.2) is 26.9 Å². The number of hydrogen-bond acceptors (Lipinski definition) is 7. The van der Waals surface area contributed by atoms with E-state index in [2.05, 4.69) is 15.4 Å². The summed E-state index contributed by atoms with van der Waals surface area (Å²) < 4.78 is 71.7. The first-order valence-corrected chi connectivity index (χ1v) is 12.6. The van der Waals surface area contributed by atoms with E-state index in [1.165, 1.54) is 26.2 Å². The molecule has 0 spiro atoms. The Bertz CT molecular complexity index is 1640. The van der Waals surface area contributed by atoms with Gasteiger partial charge in [-0.25, -0.2) is 17.9 Å². The van der Waals surface area contributed by atoms with Gasteiger partial charge >= 0.3 is 6.18 Å². The molecule has 2 heterocycles. The lowest BCUT2D eigenvalue weighted by molar-refractivity contribution is -0.142. The number of nitrogens with zero attached hydrogens (tertiary/aromatic N) is 3. The smallest absolute Gasteiger partial charge is 0.433 e. The number of carbonyl (C=O) groups is 1. The standard InChI is InChI=1S/C23H18ClF3N4O5S/c1-3-37(34,35)14-7-8-17(32)16(10-14)29-22(33)20-19(24)21-28-15(12-5-4-6-13(9-12)36-2)11-18(23(25,26)27)31(21)30-20/h4-11,32H,3H2,1-2H3,(H,29,33). The highest BCUT2D eigenvalue weighted by Crippen LogP contribution is 2.35. The molecule has 0 radical (unpaired) electrons. The summed E-state index contributed by atoms with van der Waals surface area (Å²) in [6.45, 7) is 1.42. The maximum absolute atomic E-state index is 13.9. The van der Waals surface area contributed by atoms with E-state index in [-0.39, 0.29) is 22.0 Å². The van der Waals surface area contributed by atoms with Crippen LogP contribution in [0.25, 0.3) is 16.9 Å². The van der Waals surface area contributed by atoms with Crippen molar-refractivity contribution < 1.29 is 36.2 Å². The van der Waals surface area contributed by atoms with Crippen LogP contribution >= 0.6 is 11.6 Å². The van der Waals surface area contributed by atoms with E-state index >= 15 is 0 Å². The number of fused-ring (bicyclic) bond motifs is 1. The molecule has 0 aliphatic rings. The van der Waals surface area contributed by atoms with Gasteiger partial charge in [0, 0.05) is 5.56 Å². The van der Waals surface area contributed by atoms with Crippen LogP contribution in [-0.4, -0.2) is 46.9 Å². The molecule has 4 aromatic rings. The molecule has 0 fully saturated rings.